The second-order valence-corrected chi connectivity index (χ2v) is 5.41. The van der Waals surface area contributed by atoms with E-state index in [1.54, 1.807) is 7.11 Å². The number of ether oxygens (including phenoxy) is 2. The molecule has 0 aliphatic carbocycles. The van der Waals surface area contributed by atoms with Gasteiger partial charge in [-0.15, -0.1) is 0 Å². The van der Waals surface area contributed by atoms with E-state index in [2.05, 4.69) is 29.2 Å². The predicted octanol–water partition coefficient (Wildman–Crippen LogP) is 2.87. The number of methoxy groups -OCH3 is 1. The minimum atomic E-state index is 0.358. The van der Waals surface area contributed by atoms with Crippen molar-refractivity contribution in [1.82, 2.24) is 4.98 Å². The van der Waals surface area contributed by atoms with Crippen LogP contribution in [-0.4, -0.2) is 44.5 Å². The highest BCUT2D eigenvalue weighted by molar-refractivity contribution is 5.80. The first-order valence-corrected chi connectivity index (χ1v) is 7.58. The Hall–Kier alpha value is -1.65. The summed E-state index contributed by atoms with van der Waals surface area (Å²) < 4.78 is 10.8. The van der Waals surface area contributed by atoms with E-state index >= 15 is 0 Å². The van der Waals surface area contributed by atoms with Crippen LogP contribution in [0.4, 0.5) is 5.82 Å². The Morgan fingerprint density at radius 2 is 1.90 bits per heavy atom. The first kappa shape index (κ1) is 14.3. The van der Waals surface area contributed by atoms with Crippen molar-refractivity contribution in [2.24, 2.45) is 0 Å². The zero-order valence-corrected chi connectivity index (χ0v) is 12.5. The normalized spacial score (nSPS) is 16.5. The van der Waals surface area contributed by atoms with Crippen LogP contribution in [0.15, 0.2) is 36.4 Å². The first-order chi connectivity index (χ1) is 10.4. The summed E-state index contributed by atoms with van der Waals surface area (Å²) in [5.74, 6) is 1.07. The number of hydrogen-bond acceptors (Lipinski definition) is 4. The largest absolute Gasteiger partial charge is 0.382 e. The minimum Gasteiger partial charge on any atom is -0.382 e. The van der Waals surface area contributed by atoms with Crippen LogP contribution in [0.2, 0.25) is 0 Å². The van der Waals surface area contributed by atoms with Gasteiger partial charge in [-0.05, 0) is 31.0 Å². The highest BCUT2D eigenvalue weighted by Gasteiger charge is 2.20. The third kappa shape index (κ3) is 3.52. The number of aromatic nitrogens is 1. The van der Waals surface area contributed by atoms with Gasteiger partial charge in [-0.1, -0.05) is 18.2 Å². The monoisotopic (exact) mass is 286 g/mol. The predicted molar refractivity (Wildman–Crippen MR) is 84.8 cm³/mol. The van der Waals surface area contributed by atoms with Crippen molar-refractivity contribution >= 4 is 16.7 Å². The lowest BCUT2D eigenvalue weighted by atomic mass is 10.1. The molecule has 0 bridgehead atoms. The summed E-state index contributed by atoms with van der Waals surface area (Å²) in [7, 11) is 1.71. The van der Waals surface area contributed by atoms with E-state index in [0.29, 0.717) is 19.3 Å². The standard InChI is InChI=1S/C17H22N2O2/c1-20-12-13-21-15-8-10-19(11-9-15)17-7-6-14-4-2-3-5-16(14)18-17/h2-7,15H,8-13H2,1H3. The number of rotatable bonds is 5. The Balaban J connectivity index is 1.60. The first-order valence-electron chi connectivity index (χ1n) is 7.58. The number of benzene rings is 1. The van der Waals surface area contributed by atoms with Crippen molar-refractivity contribution in [2.45, 2.75) is 18.9 Å². The molecule has 3 rings (SSSR count). The zero-order valence-electron chi connectivity index (χ0n) is 12.5. The third-order valence-electron chi connectivity index (χ3n) is 3.99. The summed E-state index contributed by atoms with van der Waals surface area (Å²) in [5.41, 5.74) is 1.06. The molecule has 0 saturated carbocycles. The Bertz CT molecular complexity index is 580. The van der Waals surface area contributed by atoms with Crippen molar-refractivity contribution < 1.29 is 9.47 Å². The lowest BCUT2D eigenvalue weighted by molar-refractivity contribution is 0.00605. The van der Waals surface area contributed by atoms with Crippen molar-refractivity contribution in [3.63, 3.8) is 0 Å². The van der Waals surface area contributed by atoms with Crippen molar-refractivity contribution in [2.75, 3.05) is 38.3 Å². The maximum absolute atomic E-state index is 5.81. The molecular weight excluding hydrogens is 264 g/mol. The van der Waals surface area contributed by atoms with Crippen LogP contribution in [0.3, 0.4) is 0 Å². The Kier molecular flexibility index (Phi) is 4.68. The molecule has 0 spiro atoms. The molecule has 0 N–H and O–H groups in total. The molecule has 21 heavy (non-hydrogen) atoms. The van der Waals surface area contributed by atoms with Gasteiger partial charge in [-0.3, -0.25) is 0 Å². The Labute approximate surface area is 125 Å². The van der Waals surface area contributed by atoms with E-state index in [4.69, 9.17) is 14.5 Å². The van der Waals surface area contributed by atoms with Gasteiger partial charge in [0.1, 0.15) is 5.82 Å². The quantitative estimate of drug-likeness (QED) is 0.792. The van der Waals surface area contributed by atoms with Crippen molar-refractivity contribution in [3.8, 4) is 0 Å². The molecule has 1 aliphatic heterocycles. The van der Waals surface area contributed by atoms with E-state index in [9.17, 15) is 0 Å². The molecule has 4 nitrogen and oxygen atoms in total. The number of anilines is 1. The summed E-state index contributed by atoms with van der Waals surface area (Å²) in [4.78, 5) is 7.11. The van der Waals surface area contributed by atoms with Crippen LogP contribution in [0.5, 0.6) is 0 Å². The van der Waals surface area contributed by atoms with Crippen LogP contribution in [-0.2, 0) is 9.47 Å². The van der Waals surface area contributed by atoms with Crippen LogP contribution in [0, 0.1) is 0 Å². The molecule has 4 heteroatoms. The summed E-state index contributed by atoms with van der Waals surface area (Å²) in [5, 5.41) is 1.19. The lowest BCUT2D eigenvalue weighted by Gasteiger charge is -2.32. The van der Waals surface area contributed by atoms with Crippen molar-refractivity contribution in [3.05, 3.63) is 36.4 Å². The van der Waals surface area contributed by atoms with E-state index in [0.717, 1.165) is 37.3 Å². The zero-order chi connectivity index (χ0) is 14.5. The second kappa shape index (κ2) is 6.87. The minimum absolute atomic E-state index is 0.358. The molecule has 0 radical (unpaired) electrons. The van der Waals surface area contributed by atoms with Gasteiger partial charge in [-0.25, -0.2) is 4.98 Å². The average molecular weight is 286 g/mol. The average Bonchev–Trinajstić information content (AvgIpc) is 2.55. The maximum Gasteiger partial charge on any atom is 0.129 e. The van der Waals surface area contributed by atoms with E-state index in [1.807, 2.05) is 12.1 Å². The summed E-state index contributed by atoms with van der Waals surface area (Å²) in [6.07, 6.45) is 2.47. The van der Waals surface area contributed by atoms with Gasteiger partial charge in [0, 0.05) is 25.6 Å². The lowest BCUT2D eigenvalue weighted by Crippen LogP contribution is -2.37. The summed E-state index contributed by atoms with van der Waals surface area (Å²) in [6, 6.07) is 12.5. The highest BCUT2D eigenvalue weighted by atomic mass is 16.5. The molecule has 1 aromatic heterocycles. The number of piperidine rings is 1. The van der Waals surface area contributed by atoms with Crippen molar-refractivity contribution in [1.29, 1.82) is 0 Å². The molecule has 2 aromatic rings. The van der Waals surface area contributed by atoms with Gasteiger partial charge in [-0.2, -0.15) is 0 Å². The molecule has 1 aromatic carbocycles. The van der Waals surface area contributed by atoms with Crippen LogP contribution < -0.4 is 4.90 Å². The molecule has 0 atom stereocenters. The SMILES string of the molecule is COCCOC1CCN(c2ccc3ccccc3n2)CC1. The third-order valence-corrected chi connectivity index (χ3v) is 3.99. The molecule has 1 saturated heterocycles. The van der Waals surface area contributed by atoms with E-state index in [1.165, 1.54) is 5.39 Å². The fourth-order valence-electron chi connectivity index (χ4n) is 2.78. The second-order valence-electron chi connectivity index (χ2n) is 5.41. The van der Waals surface area contributed by atoms with E-state index in [-0.39, 0.29) is 0 Å². The smallest absolute Gasteiger partial charge is 0.129 e. The van der Waals surface area contributed by atoms with Gasteiger partial charge >= 0.3 is 0 Å². The Morgan fingerprint density at radius 3 is 2.71 bits per heavy atom. The van der Waals surface area contributed by atoms with Gasteiger partial charge in [0.15, 0.2) is 0 Å². The fraction of sp³-hybridized carbons (Fsp3) is 0.471. The van der Waals surface area contributed by atoms with Crippen LogP contribution in [0.25, 0.3) is 10.9 Å². The summed E-state index contributed by atoms with van der Waals surface area (Å²) >= 11 is 0. The van der Waals surface area contributed by atoms with Crippen LogP contribution >= 0.6 is 0 Å². The fourth-order valence-corrected chi connectivity index (χ4v) is 2.78. The molecule has 0 amide bonds. The maximum atomic E-state index is 5.81. The van der Waals surface area contributed by atoms with Gasteiger partial charge < -0.3 is 14.4 Å². The van der Waals surface area contributed by atoms with E-state index < -0.39 is 0 Å². The topological polar surface area (TPSA) is 34.6 Å². The van der Waals surface area contributed by atoms with Gasteiger partial charge in [0.25, 0.3) is 0 Å². The number of pyridine rings is 1. The number of para-hydroxylation sites is 1. The Morgan fingerprint density at radius 1 is 1.10 bits per heavy atom. The molecule has 2 heterocycles. The number of hydrogen-bond donors (Lipinski definition) is 0. The number of nitrogens with zero attached hydrogens (tertiary/aromatic N) is 2. The molecule has 0 unspecified atom stereocenters. The van der Waals surface area contributed by atoms with Crippen LogP contribution in [0.1, 0.15) is 12.8 Å². The molecule has 112 valence electrons. The van der Waals surface area contributed by atoms with Gasteiger partial charge in [0.05, 0.1) is 24.8 Å². The van der Waals surface area contributed by atoms with Gasteiger partial charge in [0.2, 0.25) is 0 Å². The molecule has 1 fully saturated rings. The summed E-state index contributed by atoms with van der Waals surface area (Å²) in [6.45, 7) is 3.37. The molecular formula is C17H22N2O2. The number of fused-ring (bicyclic) bond motifs is 1. The molecule has 1 aliphatic rings. The highest BCUT2D eigenvalue weighted by Crippen LogP contribution is 2.22.